The Morgan fingerprint density at radius 2 is 1.96 bits per heavy atom. The van der Waals surface area contributed by atoms with Crippen LogP contribution in [0.25, 0.3) is 0 Å². The van der Waals surface area contributed by atoms with Crippen LogP contribution in [0.4, 0.5) is 8.78 Å². The highest BCUT2D eigenvalue weighted by Crippen LogP contribution is 2.34. The second-order valence-electron chi connectivity index (χ2n) is 6.15. The molecule has 0 radical (unpaired) electrons. The molecule has 1 aliphatic heterocycles. The Hall–Kier alpha value is -2.27. The number of carboxylic acid groups (broad SMARTS) is 1. The van der Waals surface area contributed by atoms with E-state index in [4.69, 9.17) is 0 Å². The lowest BCUT2D eigenvalue weighted by molar-refractivity contribution is -0.143. The lowest BCUT2D eigenvalue weighted by Crippen LogP contribution is -2.41. The minimum absolute atomic E-state index is 0.324. The molecule has 2 aromatic carbocycles. The third-order valence-corrected chi connectivity index (χ3v) is 4.53. The van der Waals surface area contributed by atoms with Gasteiger partial charge in [0, 0.05) is 12.1 Å². The lowest BCUT2D eigenvalue weighted by atomic mass is 9.91. The van der Waals surface area contributed by atoms with Gasteiger partial charge in [0.05, 0.1) is 12.0 Å². The number of nitrogens with zero attached hydrogens (tertiary/aromatic N) is 1. The third-order valence-electron chi connectivity index (χ3n) is 4.53. The molecular formula is C19H19F2NO2. The van der Waals surface area contributed by atoms with Crippen molar-refractivity contribution in [3.05, 3.63) is 71.3 Å². The molecule has 0 saturated carbocycles. The zero-order valence-electron chi connectivity index (χ0n) is 13.2. The summed E-state index contributed by atoms with van der Waals surface area (Å²) in [6.45, 7) is 0.976. The SMILES string of the molecule is O=C(O)C1CCCN(C(c2cccc(F)c2)c2ccccc2F)C1. The fourth-order valence-electron chi connectivity index (χ4n) is 3.40. The maximum Gasteiger partial charge on any atom is 0.307 e. The Kier molecular flexibility index (Phi) is 4.90. The predicted molar refractivity (Wildman–Crippen MR) is 86.6 cm³/mol. The first kappa shape index (κ1) is 16.6. The van der Waals surface area contributed by atoms with Crippen LogP contribution in [0.3, 0.4) is 0 Å². The molecule has 24 heavy (non-hydrogen) atoms. The molecule has 0 aromatic heterocycles. The molecule has 0 bridgehead atoms. The Morgan fingerprint density at radius 3 is 2.67 bits per heavy atom. The molecule has 1 heterocycles. The summed E-state index contributed by atoms with van der Waals surface area (Å²) in [5.41, 5.74) is 1.07. The molecule has 1 N–H and O–H groups in total. The van der Waals surface area contributed by atoms with Gasteiger partial charge in [-0.25, -0.2) is 8.78 Å². The van der Waals surface area contributed by atoms with Crippen molar-refractivity contribution in [1.82, 2.24) is 4.90 Å². The molecule has 2 aromatic rings. The summed E-state index contributed by atoms with van der Waals surface area (Å²) in [7, 11) is 0. The number of aliphatic carboxylic acids is 1. The van der Waals surface area contributed by atoms with Crippen molar-refractivity contribution in [2.45, 2.75) is 18.9 Å². The molecule has 0 amide bonds. The summed E-state index contributed by atoms with van der Waals surface area (Å²) >= 11 is 0. The number of hydrogen-bond donors (Lipinski definition) is 1. The minimum atomic E-state index is -0.841. The maximum absolute atomic E-state index is 14.4. The van der Waals surface area contributed by atoms with Gasteiger partial charge in [0.2, 0.25) is 0 Å². The van der Waals surface area contributed by atoms with Crippen molar-refractivity contribution >= 4 is 5.97 Å². The average molecular weight is 331 g/mol. The molecule has 0 aliphatic carbocycles. The number of carboxylic acids is 1. The quantitative estimate of drug-likeness (QED) is 0.925. The van der Waals surface area contributed by atoms with Crippen LogP contribution < -0.4 is 0 Å². The summed E-state index contributed by atoms with van der Waals surface area (Å²) in [5.74, 6) is -2.09. The maximum atomic E-state index is 14.4. The van der Waals surface area contributed by atoms with Crippen LogP contribution in [0.2, 0.25) is 0 Å². The topological polar surface area (TPSA) is 40.5 Å². The van der Waals surface area contributed by atoms with Gasteiger partial charge in [-0.3, -0.25) is 9.69 Å². The first-order valence-corrected chi connectivity index (χ1v) is 8.03. The van der Waals surface area contributed by atoms with Gasteiger partial charge in [0.25, 0.3) is 0 Å². The van der Waals surface area contributed by atoms with Gasteiger partial charge in [-0.15, -0.1) is 0 Å². The second kappa shape index (κ2) is 7.09. The number of benzene rings is 2. The van der Waals surface area contributed by atoms with E-state index in [0.29, 0.717) is 30.6 Å². The summed E-state index contributed by atoms with van der Waals surface area (Å²) in [6.07, 6.45) is 1.33. The Balaban J connectivity index is 2.02. The van der Waals surface area contributed by atoms with Crippen LogP contribution in [0.5, 0.6) is 0 Å². The van der Waals surface area contributed by atoms with E-state index in [2.05, 4.69) is 0 Å². The van der Waals surface area contributed by atoms with Gasteiger partial charge in [0.1, 0.15) is 11.6 Å². The summed E-state index contributed by atoms with van der Waals surface area (Å²) < 4.78 is 28.1. The highest BCUT2D eigenvalue weighted by Gasteiger charge is 2.32. The van der Waals surface area contributed by atoms with Gasteiger partial charge in [-0.05, 0) is 43.1 Å². The number of hydrogen-bond acceptors (Lipinski definition) is 2. The van der Waals surface area contributed by atoms with E-state index in [0.717, 1.165) is 6.42 Å². The van der Waals surface area contributed by atoms with Crippen molar-refractivity contribution in [3.8, 4) is 0 Å². The van der Waals surface area contributed by atoms with Crippen LogP contribution in [-0.4, -0.2) is 29.1 Å². The molecule has 2 unspecified atom stereocenters. The van der Waals surface area contributed by atoms with E-state index in [1.165, 1.54) is 18.2 Å². The molecule has 126 valence electrons. The van der Waals surface area contributed by atoms with Crippen molar-refractivity contribution in [1.29, 1.82) is 0 Å². The second-order valence-corrected chi connectivity index (χ2v) is 6.15. The zero-order chi connectivity index (χ0) is 17.1. The Morgan fingerprint density at radius 1 is 1.17 bits per heavy atom. The van der Waals surface area contributed by atoms with Crippen molar-refractivity contribution in [3.63, 3.8) is 0 Å². The molecule has 3 rings (SSSR count). The van der Waals surface area contributed by atoms with Crippen LogP contribution in [-0.2, 0) is 4.79 Å². The zero-order valence-corrected chi connectivity index (χ0v) is 13.2. The van der Waals surface area contributed by atoms with Gasteiger partial charge < -0.3 is 5.11 Å². The summed E-state index contributed by atoms with van der Waals surface area (Å²) in [4.78, 5) is 13.3. The number of carbonyl (C=O) groups is 1. The van der Waals surface area contributed by atoms with Gasteiger partial charge in [0.15, 0.2) is 0 Å². The van der Waals surface area contributed by atoms with E-state index in [-0.39, 0.29) is 11.6 Å². The standard InChI is InChI=1S/C19H19F2NO2/c20-15-7-3-5-13(11-15)18(16-8-1-2-9-17(16)21)22-10-4-6-14(12-22)19(23)24/h1-3,5,7-9,11,14,18H,4,6,10,12H2,(H,23,24). The highest BCUT2D eigenvalue weighted by atomic mass is 19.1. The predicted octanol–water partition coefficient (Wildman–Crippen LogP) is 3.85. The summed E-state index contributed by atoms with van der Waals surface area (Å²) in [5, 5.41) is 9.32. The molecular weight excluding hydrogens is 312 g/mol. The number of likely N-dealkylation sites (tertiary alicyclic amines) is 1. The van der Waals surface area contributed by atoms with Crippen molar-refractivity contribution in [2.75, 3.05) is 13.1 Å². The monoisotopic (exact) mass is 331 g/mol. The van der Waals surface area contributed by atoms with Gasteiger partial charge in [-0.1, -0.05) is 30.3 Å². The molecule has 5 heteroatoms. The van der Waals surface area contributed by atoms with E-state index in [1.54, 1.807) is 30.3 Å². The Bertz CT molecular complexity index is 735. The molecule has 0 spiro atoms. The smallest absolute Gasteiger partial charge is 0.307 e. The van der Waals surface area contributed by atoms with Crippen LogP contribution in [0.15, 0.2) is 48.5 Å². The fraction of sp³-hybridized carbons (Fsp3) is 0.316. The normalized spacial score (nSPS) is 19.8. The minimum Gasteiger partial charge on any atom is -0.481 e. The van der Waals surface area contributed by atoms with Crippen LogP contribution >= 0.6 is 0 Å². The third kappa shape index (κ3) is 3.46. The summed E-state index contributed by atoms with van der Waals surface area (Å²) in [6, 6.07) is 12.0. The first-order chi connectivity index (χ1) is 11.6. The Labute approximate surface area is 139 Å². The average Bonchev–Trinajstić information content (AvgIpc) is 2.57. The van der Waals surface area contributed by atoms with E-state index in [9.17, 15) is 18.7 Å². The number of piperidine rings is 1. The lowest BCUT2D eigenvalue weighted by Gasteiger charge is -2.37. The van der Waals surface area contributed by atoms with Crippen LogP contribution in [0.1, 0.15) is 30.0 Å². The van der Waals surface area contributed by atoms with E-state index in [1.807, 2.05) is 4.90 Å². The number of halogens is 2. The molecule has 3 nitrogen and oxygen atoms in total. The molecule has 2 atom stereocenters. The molecule has 1 saturated heterocycles. The first-order valence-electron chi connectivity index (χ1n) is 8.03. The van der Waals surface area contributed by atoms with Gasteiger partial charge >= 0.3 is 5.97 Å². The largest absolute Gasteiger partial charge is 0.481 e. The fourth-order valence-corrected chi connectivity index (χ4v) is 3.40. The van der Waals surface area contributed by atoms with E-state index >= 15 is 0 Å². The molecule has 1 fully saturated rings. The van der Waals surface area contributed by atoms with Crippen molar-refractivity contribution in [2.24, 2.45) is 5.92 Å². The van der Waals surface area contributed by atoms with E-state index < -0.39 is 17.9 Å². The molecule has 1 aliphatic rings. The van der Waals surface area contributed by atoms with Gasteiger partial charge in [-0.2, -0.15) is 0 Å². The van der Waals surface area contributed by atoms with Crippen LogP contribution in [0, 0.1) is 17.6 Å². The van der Waals surface area contributed by atoms with Crippen molar-refractivity contribution < 1.29 is 18.7 Å². The number of rotatable bonds is 4. The highest BCUT2D eigenvalue weighted by molar-refractivity contribution is 5.70.